The summed E-state index contributed by atoms with van der Waals surface area (Å²) in [6.07, 6.45) is 2.52. The van der Waals surface area contributed by atoms with Crippen molar-refractivity contribution in [2.75, 3.05) is 6.61 Å². The molecule has 2 aliphatic rings. The highest BCUT2D eigenvalue weighted by molar-refractivity contribution is 5.25. The van der Waals surface area contributed by atoms with E-state index in [0.29, 0.717) is 0 Å². The standard InChI is InChI=1S/C8H13NO2/c9-7-6-2-4(8(7)11)1-5(6)3-10/h1,4,6-8,10-11H,2-3,9H2/t4-,6-,7-,8+/m1/s1. The van der Waals surface area contributed by atoms with Crippen LogP contribution < -0.4 is 5.73 Å². The Morgan fingerprint density at radius 2 is 2.36 bits per heavy atom. The Morgan fingerprint density at radius 1 is 1.64 bits per heavy atom. The summed E-state index contributed by atoms with van der Waals surface area (Å²) in [6, 6.07) is -0.146. The zero-order valence-electron chi connectivity index (χ0n) is 6.27. The molecular weight excluding hydrogens is 142 g/mol. The van der Waals surface area contributed by atoms with Gasteiger partial charge in [-0.15, -0.1) is 0 Å². The molecule has 0 radical (unpaired) electrons. The first-order chi connectivity index (χ1) is 5.24. The minimum absolute atomic E-state index is 0.0988. The zero-order chi connectivity index (χ0) is 8.01. The number of fused-ring (bicyclic) bond motifs is 2. The number of rotatable bonds is 1. The molecule has 0 spiro atoms. The average Bonchev–Trinajstić information content (AvgIpc) is 2.53. The summed E-state index contributed by atoms with van der Waals surface area (Å²) in [5, 5.41) is 18.3. The van der Waals surface area contributed by atoms with Crippen LogP contribution in [0.25, 0.3) is 0 Å². The van der Waals surface area contributed by atoms with Crippen LogP contribution in [0.15, 0.2) is 11.6 Å². The molecule has 0 aromatic heterocycles. The molecule has 1 fully saturated rings. The Hall–Kier alpha value is -0.380. The Balaban J connectivity index is 2.23. The lowest BCUT2D eigenvalue weighted by atomic mass is 9.93. The molecule has 2 bridgehead atoms. The van der Waals surface area contributed by atoms with E-state index < -0.39 is 0 Å². The van der Waals surface area contributed by atoms with Gasteiger partial charge in [0.05, 0.1) is 12.7 Å². The molecule has 3 nitrogen and oxygen atoms in total. The quantitative estimate of drug-likeness (QED) is 0.436. The summed E-state index contributed by atoms with van der Waals surface area (Å²) < 4.78 is 0. The largest absolute Gasteiger partial charge is 0.392 e. The summed E-state index contributed by atoms with van der Waals surface area (Å²) in [6.45, 7) is 0.0988. The predicted molar refractivity (Wildman–Crippen MR) is 40.7 cm³/mol. The fraction of sp³-hybridized carbons (Fsp3) is 0.750. The molecule has 4 N–H and O–H groups in total. The second-order valence-electron chi connectivity index (χ2n) is 3.47. The van der Waals surface area contributed by atoms with E-state index in [1.165, 1.54) is 0 Å². The molecule has 0 saturated heterocycles. The molecule has 62 valence electrons. The second kappa shape index (κ2) is 2.30. The first-order valence-electron chi connectivity index (χ1n) is 3.99. The molecule has 0 amide bonds. The van der Waals surface area contributed by atoms with Crippen molar-refractivity contribution in [1.82, 2.24) is 0 Å². The SMILES string of the molecule is N[C@H]1[C@@H](O)[C@@H]2C=C(CO)[C@H]1C2. The number of aliphatic hydroxyl groups excluding tert-OH is 2. The van der Waals surface area contributed by atoms with Gasteiger partial charge in [-0.25, -0.2) is 0 Å². The Morgan fingerprint density at radius 3 is 2.82 bits per heavy atom. The van der Waals surface area contributed by atoms with Crippen LogP contribution in [-0.2, 0) is 0 Å². The number of nitrogens with two attached hydrogens (primary N) is 1. The van der Waals surface area contributed by atoms with Crippen molar-refractivity contribution in [3.63, 3.8) is 0 Å². The van der Waals surface area contributed by atoms with Crippen molar-refractivity contribution in [3.8, 4) is 0 Å². The molecule has 0 unspecified atom stereocenters. The zero-order valence-corrected chi connectivity index (χ0v) is 6.27. The molecular formula is C8H13NO2. The second-order valence-corrected chi connectivity index (χ2v) is 3.47. The minimum atomic E-state index is -0.379. The highest BCUT2D eigenvalue weighted by Crippen LogP contribution is 2.42. The van der Waals surface area contributed by atoms with Gasteiger partial charge in [0, 0.05) is 17.9 Å². The van der Waals surface area contributed by atoms with Gasteiger partial charge in [-0.3, -0.25) is 0 Å². The van der Waals surface area contributed by atoms with Crippen molar-refractivity contribution in [2.24, 2.45) is 17.6 Å². The molecule has 0 aliphatic heterocycles. The Bertz CT molecular complexity index is 202. The van der Waals surface area contributed by atoms with E-state index in [-0.39, 0.29) is 30.6 Å². The smallest absolute Gasteiger partial charge is 0.0759 e. The summed E-state index contributed by atoms with van der Waals surface area (Å²) in [5.74, 6) is 0.442. The van der Waals surface area contributed by atoms with Crippen molar-refractivity contribution >= 4 is 0 Å². The lowest BCUT2D eigenvalue weighted by Gasteiger charge is -2.23. The third kappa shape index (κ3) is 0.851. The molecule has 0 aromatic rings. The third-order valence-corrected chi connectivity index (χ3v) is 2.91. The van der Waals surface area contributed by atoms with Crippen LogP contribution in [0.3, 0.4) is 0 Å². The Kier molecular flexibility index (Phi) is 1.52. The van der Waals surface area contributed by atoms with E-state index in [4.69, 9.17) is 10.8 Å². The monoisotopic (exact) mass is 155 g/mol. The van der Waals surface area contributed by atoms with E-state index in [9.17, 15) is 5.11 Å². The van der Waals surface area contributed by atoms with Crippen molar-refractivity contribution < 1.29 is 10.2 Å². The minimum Gasteiger partial charge on any atom is -0.392 e. The van der Waals surface area contributed by atoms with Gasteiger partial charge in [-0.1, -0.05) is 6.08 Å². The first kappa shape index (κ1) is 7.28. The molecule has 2 aliphatic carbocycles. The normalized spacial score (nSPS) is 48.1. The maximum absolute atomic E-state index is 9.45. The average molecular weight is 155 g/mol. The number of hydrogen-bond acceptors (Lipinski definition) is 3. The van der Waals surface area contributed by atoms with Gasteiger partial charge < -0.3 is 15.9 Å². The third-order valence-electron chi connectivity index (χ3n) is 2.91. The highest BCUT2D eigenvalue weighted by Gasteiger charge is 2.45. The molecule has 1 saturated carbocycles. The topological polar surface area (TPSA) is 66.5 Å². The molecule has 11 heavy (non-hydrogen) atoms. The number of aliphatic hydroxyl groups is 2. The predicted octanol–water partition coefficient (Wildman–Crippen LogP) is -0.757. The first-order valence-corrected chi connectivity index (χ1v) is 3.99. The highest BCUT2D eigenvalue weighted by atomic mass is 16.3. The summed E-state index contributed by atoms with van der Waals surface area (Å²) in [5.41, 5.74) is 6.75. The van der Waals surface area contributed by atoms with Crippen LogP contribution in [0, 0.1) is 11.8 Å². The van der Waals surface area contributed by atoms with Crippen LogP contribution >= 0.6 is 0 Å². The summed E-state index contributed by atoms with van der Waals surface area (Å²) in [4.78, 5) is 0. The van der Waals surface area contributed by atoms with Gasteiger partial charge in [-0.05, 0) is 12.0 Å². The maximum Gasteiger partial charge on any atom is 0.0759 e. The van der Waals surface area contributed by atoms with E-state index in [1.54, 1.807) is 0 Å². The summed E-state index contributed by atoms with van der Waals surface area (Å²) in [7, 11) is 0. The maximum atomic E-state index is 9.45. The molecule has 4 atom stereocenters. The van der Waals surface area contributed by atoms with Gasteiger partial charge in [0.25, 0.3) is 0 Å². The van der Waals surface area contributed by atoms with Crippen LogP contribution in [-0.4, -0.2) is 29.0 Å². The van der Waals surface area contributed by atoms with Crippen LogP contribution in [0.1, 0.15) is 6.42 Å². The van der Waals surface area contributed by atoms with Gasteiger partial charge in [0.2, 0.25) is 0 Å². The lowest BCUT2D eigenvalue weighted by molar-refractivity contribution is 0.126. The molecule has 2 rings (SSSR count). The van der Waals surface area contributed by atoms with Crippen molar-refractivity contribution in [3.05, 3.63) is 11.6 Å². The molecule has 0 aromatic carbocycles. The van der Waals surface area contributed by atoms with Gasteiger partial charge in [0.15, 0.2) is 0 Å². The van der Waals surface area contributed by atoms with Gasteiger partial charge >= 0.3 is 0 Å². The molecule has 0 heterocycles. The van der Waals surface area contributed by atoms with Crippen LogP contribution in [0.2, 0.25) is 0 Å². The van der Waals surface area contributed by atoms with Crippen LogP contribution in [0.5, 0.6) is 0 Å². The van der Waals surface area contributed by atoms with Crippen molar-refractivity contribution in [1.29, 1.82) is 0 Å². The summed E-state index contributed by atoms with van der Waals surface area (Å²) >= 11 is 0. The van der Waals surface area contributed by atoms with Crippen molar-refractivity contribution in [2.45, 2.75) is 18.6 Å². The lowest BCUT2D eigenvalue weighted by Crippen LogP contribution is -2.39. The fourth-order valence-corrected chi connectivity index (χ4v) is 2.25. The van der Waals surface area contributed by atoms with Gasteiger partial charge in [-0.2, -0.15) is 0 Å². The van der Waals surface area contributed by atoms with E-state index >= 15 is 0 Å². The molecule has 3 heteroatoms. The fourth-order valence-electron chi connectivity index (χ4n) is 2.25. The van der Waals surface area contributed by atoms with Gasteiger partial charge in [0.1, 0.15) is 0 Å². The number of hydrogen-bond donors (Lipinski definition) is 3. The van der Waals surface area contributed by atoms with E-state index in [0.717, 1.165) is 12.0 Å². The van der Waals surface area contributed by atoms with E-state index in [2.05, 4.69) is 0 Å². The van der Waals surface area contributed by atoms with E-state index in [1.807, 2.05) is 6.08 Å². The Labute approximate surface area is 65.5 Å². The van der Waals surface area contributed by atoms with Crippen LogP contribution in [0.4, 0.5) is 0 Å².